The number of hydrogen-bond donors (Lipinski definition) is 2. The fraction of sp³-hybridized carbons (Fsp3) is 0.625. The number of aliphatic hydroxyl groups excluding tert-OH is 1. The van der Waals surface area contributed by atoms with Crippen LogP contribution in [-0.4, -0.2) is 42.8 Å². The Morgan fingerprint density at radius 3 is 2.65 bits per heavy atom. The number of nitrogens with one attached hydrogen (secondary N) is 1. The van der Waals surface area contributed by atoms with Gasteiger partial charge in [0.1, 0.15) is 0 Å². The van der Waals surface area contributed by atoms with Gasteiger partial charge in [0.05, 0.1) is 6.61 Å². The van der Waals surface area contributed by atoms with Gasteiger partial charge >= 0.3 is 0 Å². The van der Waals surface area contributed by atoms with Crippen molar-refractivity contribution in [3.63, 3.8) is 0 Å². The van der Waals surface area contributed by atoms with Crippen molar-refractivity contribution < 1.29 is 5.11 Å². The van der Waals surface area contributed by atoms with Crippen LogP contribution >= 0.6 is 11.6 Å². The molecule has 2 N–H and O–H groups in total. The fourth-order valence-corrected chi connectivity index (χ4v) is 2.66. The summed E-state index contributed by atoms with van der Waals surface area (Å²) in [7, 11) is 0. The first-order chi connectivity index (χ1) is 9.71. The van der Waals surface area contributed by atoms with Gasteiger partial charge in [-0.15, -0.1) is 0 Å². The zero-order chi connectivity index (χ0) is 14.8. The highest BCUT2D eigenvalue weighted by molar-refractivity contribution is 6.30. The summed E-state index contributed by atoms with van der Waals surface area (Å²) >= 11 is 6.08. The van der Waals surface area contributed by atoms with Crippen LogP contribution in [0.4, 0.5) is 0 Å². The van der Waals surface area contributed by atoms with Crippen LogP contribution in [-0.2, 0) is 0 Å². The average Bonchev–Trinajstić information content (AvgIpc) is 2.43. The number of nitrogens with zero attached hydrogens (tertiary/aromatic N) is 1. The van der Waals surface area contributed by atoms with Gasteiger partial charge < -0.3 is 15.3 Å². The van der Waals surface area contributed by atoms with E-state index in [0.717, 1.165) is 44.0 Å². The molecule has 0 spiro atoms. The molecule has 0 amide bonds. The van der Waals surface area contributed by atoms with Crippen molar-refractivity contribution in [2.75, 3.05) is 32.8 Å². The highest BCUT2D eigenvalue weighted by atomic mass is 35.5. The van der Waals surface area contributed by atoms with E-state index in [9.17, 15) is 0 Å². The Morgan fingerprint density at radius 2 is 2.05 bits per heavy atom. The average molecular weight is 299 g/mol. The molecule has 1 aromatic rings. The van der Waals surface area contributed by atoms with E-state index < -0.39 is 0 Å². The normalized spacial score (nSPS) is 12.8. The van der Waals surface area contributed by atoms with Crippen molar-refractivity contribution >= 4 is 11.6 Å². The fourth-order valence-electron chi connectivity index (χ4n) is 2.46. The van der Waals surface area contributed by atoms with Crippen molar-refractivity contribution in [2.24, 2.45) is 0 Å². The van der Waals surface area contributed by atoms with Crippen LogP contribution in [0.1, 0.15) is 38.3 Å². The van der Waals surface area contributed by atoms with Crippen molar-refractivity contribution in [3.05, 3.63) is 34.9 Å². The highest BCUT2D eigenvalue weighted by Gasteiger charge is 2.12. The molecule has 4 heteroatoms. The minimum absolute atomic E-state index is 0.225. The minimum atomic E-state index is 0.225. The molecule has 0 aromatic heterocycles. The van der Waals surface area contributed by atoms with Crippen LogP contribution in [0.25, 0.3) is 0 Å². The van der Waals surface area contributed by atoms with E-state index in [1.54, 1.807) is 0 Å². The number of hydrogen-bond acceptors (Lipinski definition) is 3. The molecule has 0 radical (unpaired) electrons. The third-order valence-corrected chi connectivity index (χ3v) is 3.63. The Labute approximate surface area is 127 Å². The lowest BCUT2D eigenvalue weighted by Crippen LogP contribution is -2.32. The maximum atomic E-state index is 9.11. The van der Waals surface area contributed by atoms with Crippen LogP contribution in [0.5, 0.6) is 0 Å². The molecular weight excluding hydrogens is 272 g/mol. The topological polar surface area (TPSA) is 35.5 Å². The monoisotopic (exact) mass is 298 g/mol. The van der Waals surface area contributed by atoms with E-state index in [4.69, 9.17) is 16.7 Å². The molecule has 0 heterocycles. The molecule has 0 fully saturated rings. The molecule has 3 nitrogen and oxygen atoms in total. The van der Waals surface area contributed by atoms with E-state index in [-0.39, 0.29) is 6.61 Å². The molecule has 0 aliphatic rings. The van der Waals surface area contributed by atoms with Crippen molar-refractivity contribution in [3.8, 4) is 0 Å². The summed E-state index contributed by atoms with van der Waals surface area (Å²) in [5.41, 5.74) is 1.24. The standard InChI is InChI=1S/C16H27ClN2O/c1-3-9-19(11-12-20)10-8-16(18-4-2)14-6-5-7-15(17)13-14/h5-7,13,16,18,20H,3-4,8-12H2,1-2H3. The van der Waals surface area contributed by atoms with Crippen LogP contribution in [0.3, 0.4) is 0 Å². The Hall–Kier alpha value is -0.610. The Balaban J connectivity index is 2.62. The smallest absolute Gasteiger partial charge is 0.0558 e. The SMILES string of the molecule is CCCN(CCO)CCC(NCC)c1cccc(Cl)c1. The van der Waals surface area contributed by atoms with Gasteiger partial charge in [-0.1, -0.05) is 37.6 Å². The largest absolute Gasteiger partial charge is 0.395 e. The molecule has 20 heavy (non-hydrogen) atoms. The van der Waals surface area contributed by atoms with E-state index in [0.29, 0.717) is 6.04 Å². The van der Waals surface area contributed by atoms with E-state index in [2.05, 4.69) is 30.1 Å². The second kappa shape index (κ2) is 10.2. The van der Waals surface area contributed by atoms with E-state index in [1.165, 1.54) is 5.56 Å². The first kappa shape index (κ1) is 17.4. The second-order valence-electron chi connectivity index (χ2n) is 5.02. The summed E-state index contributed by atoms with van der Waals surface area (Å²) in [4.78, 5) is 2.31. The van der Waals surface area contributed by atoms with Crippen LogP contribution < -0.4 is 5.32 Å². The molecule has 0 saturated heterocycles. The minimum Gasteiger partial charge on any atom is -0.395 e. The number of rotatable bonds is 10. The third kappa shape index (κ3) is 6.23. The van der Waals surface area contributed by atoms with Gasteiger partial charge in [0.2, 0.25) is 0 Å². The number of aliphatic hydroxyl groups is 1. The molecule has 1 rings (SSSR count). The van der Waals surface area contributed by atoms with Crippen molar-refractivity contribution in [2.45, 2.75) is 32.7 Å². The van der Waals surface area contributed by atoms with Crippen LogP contribution in [0, 0.1) is 0 Å². The molecule has 1 atom stereocenters. The molecule has 0 bridgehead atoms. The first-order valence-electron chi connectivity index (χ1n) is 7.53. The Morgan fingerprint density at radius 1 is 1.25 bits per heavy atom. The summed E-state index contributed by atoms with van der Waals surface area (Å²) < 4.78 is 0. The zero-order valence-corrected chi connectivity index (χ0v) is 13.4. The van der Waals surface area contributed by atoms with E-state index in [1.807, 2.05) is 18.2 Å². The van der Waals surface area contributed by atoms with Gasteiger partial charge in [0.25, 0.3) is 0 Å². The predicted octanol–water partition coefficient (Wildman–Crippen LogP) is 3.09. The lowest BCUT2D eigenvalue weighted by Gasteiger charge is -2.25. The first-order valence-corrected chi connectivity index (χ1v) is 7.91. The number of benzene rings is 1. The van der Waals surface area contributed by atoms with Gasteiger partial charge in [-0.05, 0) is 43.6 Å². The summed E-state index contributed by atoms with van der Waals surface area (Å²) in [5.74, 6) is 0. The molecule has 1 unspecified atom stereocenters. The van der Waals surface area contributed by atoms with Crippen molar-refractivity contribution in [1.29, 1.82) is 0 Å². The lowest BCUT2D eigenvalue weighted by atomic mass is 10.0. The molecule has 1 aromatic carbocycles. The molecular formula is C16H27ClN2O. The van der Waals surface area contributed by atoms with Crippen LogP contribution in [0.15, 0.2) is 24.3 Å². The lowest BCUT2D eigenvalue weighted by molar-refractivity contribution is 0.189. The van der Waals surface area contributed by atoms with Crippen LogP contribution in [0.2, 0.25) is 5.02 Å². The maximum Gasteiger partial charge on any atom is 0.0558 e. The summed E-state index contributed by atoms with van der Waals surface area (Å²) in [6, 6.07) is 8.38. The predicted molar refractivity (Wildman–Crippen MR) is 86.3 cm³/mol. The highest BCUT2D eigenvalue weighted by Crippen LogP contribution is 2.20. The van der Waals surface area contributed by atoms with E-state index >= 15 is 0 Å². The summed E-state index contributed by atoms with van der Waals surface area (Å²) in [6.07, 6.45) is 2.14. The Kier molecular flexibility index (Phi) is 8.86. The zero-order valence-electron chi connectivity index (χ0n) is 12.6. The van der Waals surface area contributed by atoms with Gasteiger partial charge in [-0.2, -0.15) is 0 Å². The van der Waals surface area contributed by atoms with Gasteiger partial charge in [-0.25, -0.2) is 0 Å². The third-order valence-electron chi connectivity index (χ3n) is 3.39. The Bertz CT molecular complexity index is 367. The maximum absolute atomic E-state index is 9.11. The van der Waals surface area contributed by atoms with Gasteiger partial charge in [0.15, 0.2) is 0 Å². The quantitative estimate of drug-likeness (QED) is 0.697. The second-order valence-corrected chi connectivity index (χ2v) is 5.46. The molecule has 0 aliphatic carbocycles. The summed E-state index contributed by atoms with van der Waals surface area (Å²) in [5, 5.41) is 13.4. The molecule has 0 aliphatic heterocycles. The summed E-state index contributed by atoms with van der Waals surface area (Å²) in [6.45, 7) is 8.22. The van der Waals surface area contributed by atoms with Gasteiger partial charge in [-0.3, -0.25) is 0 Å². The molecule has 114 valence electrons. The molecule has 0 saturated carbocycles. The van der Waals surface area contributed by atoms with Crippen molar-refractivity contribution in [1.82, 2.24) is 10.2 Å². The number of halogens is 1. The van der Waals surface area contributed by atoms with Gasteiger partial charge in [0, 0.05) is 24.2 Å².